The summed E-state index contributed by atoms with van der Waals surface area (Å²) in [6.07, 6.45) is 2.27. The Balaban J connectivity index is 1.44. The quantitative estimate of drug-likeness (QED) is 0.325. The lowest BCUT2D eigenvalue weighted by molar-refractivity contribution is -0.128. The number of amides is 2. The minimum atomic E-state index is -0.770. The average molecular weight is 434 g/mol. The van der Waals surface area contributed by atoms with Gasteiger partial charge >= 0.3 is 0 Å². The molecule has 0 heterocycles. The first-order valence-corrected chi connectivity index (χ1v) is 10.1. The van der Waals surface area contributed by atoms with Crippen LogP contribution in [0.1, 0.15) is 18.1 Å². The fourth-order valence-electron chi connectivity index (χ4n) is 2.75. The summed E-state index contributed by atoms with van der Waals surface area (Å²) in [6, 6.07) is 21.2. The van der Waals surface area contributed by atoms with Crippen LogP contribution < -0.4 is 20.9 Å². The van der Waals surface area contributed by atoms with Gasteiger partial charge in [0, 0.05) is 6.08 Å². The molecule has 0 aliphatic rings. The molecule has 31 heavy (non-hydrogen) atoms. The van der Waals surface area contributed by atoms with Crippen LogP contribution in [0.3, 0.4) is 0 Å². The number of carbonyl (C=O) groups is 2. The minimum absolute atomic E-state index is 0.0233. The summed E-state index contributed by atoms with van der Waals surface area (Å²) in [5.41, 5.74) is 6.97. The molecule has 0 saturated heterocycles. The maximum Gasteiger partial charge on any atom is 0.279 e. The molecule has 0 spiro atoms. The van der Waals surface area contributed by atoms with Gasteiger partial charge in [-0.1, -0.05) is 60.2 Å². The molecule has 0 saturated carbocycles. The van der Waals surface area contributed by atoms with E-state index in [0.29, 0.717) is 5.75 Å². The molecule has 0 bridgehead atoms. The Bertz CT molecular complexity index is 1130. The number of fused-ring (bicyclic) bond motifs is 1. The summed E-state index contributed by atoms with van der Waals surface area (Å²) in [5, 5.41) is 4.55. The van der Waals surface area contributed by atoms with Crippen molar-refractivity contribution < 1.29 is 14.3 Å². The number of hydrogen-bond donors (Lipinski definition) is 3. The second kappa shape index (κ2) is 10.4. The van der Waals surface area contributed by atoms with Crippen molar-refractivity contribution in [1.82, 2.24) is 16.2 Å². The van der Waals surface area contributed by atoms with Crippen molar-refractivity contribution in [2.75, 3.05) is 0 Å². The molecule has 1 unspecified atom stereocenters. The first kappa shape index (κ1) is 22.0. The second-order valence-corrected chi connectivity index (χ2v) is 7.35. The average Bonchev–Trinajstić information content (AvgIpc) is 2.77. The Morgan fingerprint density at radius 1 is 0.968 bits per heavy atom. The lowest BCUT2D eigenvalue weighted by atomic mass is 10.1. The second-order valence-electron chi connectivity index (χ2n) is 6.95. The molecule has 158 valence electrons. The molecular weight excluding hydrogens is 410 g/mol. The molecule has 1 atom stereocenters. The third kappa shape index (κ3) is 6.65. The molecule has 0 radical (unpaired) electrons. The predicted octanol–water partition coefficient (Wildman–Crippen LogP) is 3.65. The molecule has 0 aliphatic carbocycles. The van der Waals surface area contributed by atoms with Crippen LogP contribution in [0.25, 0.3) is 16.8 Å². The highest BCUT2D eigenvalue weighted by Crippen LogP contribution is 2.21. The van der Waals surface area contributed by atoms with Crippen molar-refractivity contribution >= 4 is 46.0 Å². The zero-order valence-corrected chi connectivity index (χ0v) is 18.0. The van der Waals surface area contributed by atoms with Crippen LogP contribution >= 0.6 is 12.2 Å². The zero-order chi connectivity index (χ0) is 22.2. The summed E-state index contributed by atoms with van der Waals surface area (Å²) >= 11 is 5.03. The predicted molar refractivity (Wildman–Crippen MR) is 126 cm³/mol. The van der Waals surface area contributed by atoms with Crippen molar-refractivity contribution in [1.29, 1.82) is 0 Å². The summed E-state index contributed by atoms with van der Waals surface area (Å²) in [6.45, 7) is 3.62. The van der Waals surface area contributed by atoms with Crippen molar-refractivity contribution in [3.05, 3.63) is 83.9 Å². The maximum atomic E-state index is 12.3. The van der Waals surface area contributed by atoms with E-state index in [1.54, 1.807) is 13.0 Å². The largest absolute Gasteiger partial charge is 0.481 e. The van der Waals surface area contributed by atoms with E-state index in [2.05, 4.69) is 16.2 Å². The van der Waals surface area contributed by atoms with Crippen LogP contribution in [0.2, 0.25) is 0 Å². The van der Waals surface area contributed by atoms with E-state index in [0.717, 1.165) is 21.9 Å². The van der Waals surface area contributed by atoms with E-state index in [1.165, 1.54) is 6.08 Å². The fourth-order valence-corrected chi connectivity index (χ4v) is 2.90. The molecule has 0 aromatic heterocycles. The fraction of sp³-hybridized carbons (Fsp3) is 0.125. The number of hydrazine groups is 1. The summed E-state index contributed by atoms with van der Waals surface area (Å²) in [7, 11) is 0. The van der Waals surface area contributed by atoms with Gasteiger partial charge in [0.1, 0.15) is 5.75 Å². The van der Waals surface area contributed by atoms with E-state index in [9.17, 15) is 9.59 Å². The summed E-state index contributed by atoms with van der Waals surface area (Å²) in [4.78, 5) is 24.2. The van der Waals surface area contributed by atoms with Crippen molar-refractivity contribution in [3.63, 3.8) is 0 Å². The highest BCUT2D eigenvalue weighted by Gasteiger charge is 2.15. The van der Waals surface area contributed by atoms with Gasteiger partial charge in [0.05, 0.1) is 0 Å². The van der Waals surface area contributed by atoms with Gasteiger partial charge in [-0.2, -0.15) is 0 Å². The molecular formula is C24H23N3O3S. The van der Waals surface area contributed by atoms with Gasteiger partial charge in [-0.15, -0.1) is 0 Å². The van der Waals surface area contributed by atoms with Crippen molar-refractivity contribution in [2.24, 2.45) is 0 Å². The molecule has 3 N–H and O–H groups in total. The third-order valence-electron chi connectivity index (χ3n) is 4.44. The maximum absolute atomic E-state index is 12.3. The Morgan fingerprint density at radius 3 is 2.42 bits per heavy atom. The number of aryl methyl sites for hydroxylation is 1. The first-order chi connectivity index (χ1) is 14.9. The number of carbonyl (C=O) groups excluding carboxylic acids is 2. The van der Waals surface area contributed by atoms with Gasteiger partial charge in [0.25, 0.3) is 5.91 Å². The van der Waals surface area contributed by atoms with Crippen molar-refractivity contribution in [3.8, 4) is 5.75 Å². The first-order valence-electron chi connectivity index (χ1n) is 9.72. The third-order valence-corrected chi connectivity index (χ3v) is 4.65. The van der Waals surface area contributed by atoms with E-state index in [1.807, 2.05) is 73.7 Å². The zero-order valence-electron chi connectivity index (χ0n) is 17.2. The van der Waals surface area contributed by atoms with Crippen LogP contribution in [-0.2, 0) is 9.59 Å². The lowest BCUT2D eigenvalue weighted by Gasteiger charge is -2.16. The summed E-state index contributed by atoms with van der Waals surface area (Å²) < 4.78 is 5.70. The van der Waals surface area contributed by atoms with Crippen LogP contribution in [-0.4, -0.2) is 23.0 Å². The topological polar surface area (TPSA) is 79.5 Å². The Hall–Kier alpha value is -3.71. The van der Waals surface area contributed by atoms with Gasteiger partial charge in [-0.05, 0) is 60.6 Å². The van der Waals surface area contributed by atoms with Gasteiger partial charge in [-0.3, -0.25) is 25.8 Å². The number of rotatable bonds is 5. The SMILES string of the molecule is Cc1ccc(/C=C/C(=O)NC(=S)NNC(=O)C(C)Oc2ccc3ccccc3c2)cc1. The molecule has 0 aliphatic heterocycles. The van der Waals surface area contributed by atoms with Gasteiger partial charge in [0.2, 0.25) is 5.91 Å². The molecule has 3 aromatic rings. The van der Waals surface area contributed by atoms with Gasteiger partial charge < -0.3 is 4.74 Å². The lowest BCUT2D eigenvalue weighted by Crippen LogP contribution is -2.51. The normalized spacial score (nSPS) is 11.7. The number of benzene rings is 3. The smallest absolute Gasteiger partial charge is 0.279 e. The molecule has 3 rings (SSSR count). The molecule has 7 heteroatoms. The minimum Gasteiger partial charge on any atom is -0.481 e. The van der Waals surface area contributed by atoms with E-state index in [-0.39, 0.29) is 5.11 Å². The van der Waals surface area contributed by atoms with Gasteiger partial charge in [0.15, 0.2) is 11.2 Å². The van der Waals surface area contributed by atoms with E-state index >= 15 is 0 Å². The molecule has 2 amide bonds. The highest BCUT2D eigenvalue weighted by atomic mass is 32.1. The van der Waals surface area contributed by atoms with Crippen LogP contribution in [0.15, 0.2) is 72.8 Å². The standard InChI is InChI=1S/C24H23N3O3S/c1-16-7-9-18(10-8-16)11-14-22(28)25-24(31)27-26-23(29)17(2)30-21-13-12-19-5-3-4-6-20(19)15-21/h3-15,17H,1-2H3,(H,26,29)(H2,25,27,28,31)/b14-11+. The van der Waals surface area contributed by atoms with Crippen LogP contribution in [0.5, 0.6) is 5.75 Å². The van der Waals surface area contributed by atoms with E-state index < -0.39 is 17.9 Å². The van der Waals surface area contributed by atoms with E-state index in [4.69, 9.17) is 17.0 Å². The highest BCUT2D eigenvalue weighted by molar-refractivity contribution is 7.80. The Labute approximate surface area is 186 Å². The number of ether oxygens (including phenoxy) is 1. The van der Waals surface area contributed by atoms with Gasteiger partial charge in [-0.25, -0.2) is 0 Å². The summed E-state index contributed by atoms with van der Waals surface area (Å²) in [5.74, 6) is -0.258. The number of thiocarbonyl (C=S) groups is 1. The number of nitrogens with one attached hydrogen (secondary N) is 3. The Kier molecular flexibility index (Phi) is 7.35. The Morgan fingerprint density at radius 2 is 1.68 bits per heavy atom. The number of hydrogen-bond acceptors (Lipinski definition) is 4. The van der Waals surface area contributed by atoms with Crippen LogP contribution in [0.4, 0.5) is 0 Å². The van der Waals surface area contributed by atoms with Crippen LogP contribution in [0, 0.1) is 6.92 Å². The monoisotopic (exact) mass is 433 g/mol. The molecule has 3 aromatic carbocycles. The molecule has 6 nitrogen and oxygen atoms in total. The molecule has 0 fully saturated rings. The van der Waals surface area contributed by atoms with Crippen molar-refractivity contribution in [2.45, 2.75) is 20.0 Å².